The molecule has 5 heteroatoms. The van der Waals surface area contributed by atoms with Crippen LogP contribution in [0.25, 0.3) is 17.1 Å². The van der Waals surface area contributed by atoms with Gasteiger partial charge in [0.2, 0.25) is 0 Å². The van der Waals surface area contributed by atoms with Crippen molar-refractivity contribution in [2.45, 2.75) is 13.8 Å². The summed E-state index contributed by atoms with van der Waals surface area (Å²) in [6, 6.07) is 15.0. The fourth-order valence-corrected chi connectivity index (χ4v) is 2.08. The van der Waals surface area contributed by atoms with E-state index in [4.69, 9.17) is 0 Å². The first-order chi connectivity index (χ1) is 9.27. The van der Waals surface area contributed by atoms with Gasteiger partial charge < -0.3 is 9.55 Å². The van der Waals surface area contributed by atoms with E-state index in [1.807, 2.05) is 48.7 Å². The summed E-state index contributed by atoms with van der Waals surface area (Å²) in [5.41, 5.74) is 2.82. The van der Waals surface area contributed by atoms with E-state index in [1.165, 1.54) is 0 Å². The maximum absolute atomic E-state index is 4.29. The third kappa shape index (κ3) is 2.55. The molecule has 0 amide bonds. The van der Waals surface area contributed by atoms with Crippen molar-refractivity contribution in [2.24, 2.45) is 0 Å². The van der Waals surface area contributed by atoms with Crippen LogP contribution < -0.4 is 0 Å². The van der Waals surface area contributed by atoms with Crippen LogP contribution in [0.3, 0.4) is 0 Å². The molecule has 3 rings (SSSR count). The Hall–Kier alpha value is -1.84. The van der Waals surface area contributed by atoms with Crippen molar-refractivity contribution in [1.29, 1.82) is 0 Å². The summed E-state index contributed by atoms with van der Waals surface area (Å²) >= 11 is 0. The standard InChI is InChI=1S/C15H13N4.Ir/c1-11-14(9-6-10-16-11)15-18-17-12(2)19(15)13-7-4-3-5-8-13;/h3-8,10H,1-2H3;/q-1;. The van der Waals surface area contributed by atoms with Crippen LogP contribution in [0.1, 0.15) is 11.5 Å². The Morgan fingerprint density at radius 3 is 2.50 bits per heavy atom. The van der Waals surface area contributed by atoms with Gasteiger partial charge in [0.05, 0.1) is 5.82 Å². The molecular weight excluding hydrogens is 428 g/mol. The predicted molar refractivity (Wildman–Crippen MR) is 72.9 cm³/mol. The minimum Gasteiger partial charge on any atom is -0.357 e. The van der Waals surface area contributed by atoms with Crippen LogP contribution in [0.4, 0.5) is 0 Å². The van der Waals surface area contributed by atoms with Crippen molar-refractivity contribution in [3.8, 4) is 17.1 Å². The Kier molecular flexibility index (Phi) is 4.42. The van der Waals surface area contributed by atoms with E-state index in [-0.39, 0.29) is 20.1 Å². The maximum Gasteiger partial charge on any atom is 0.125 e. The number of aromatic nitrogens is 4. The number of nitrogens with zero attached hydrogens (tertiary/aromatic N) is 4. The molecule has 1 aromatic carbocycles. The van der Waals surface area contributed by atoms with E-state index < -0.39 is 0 Å². The fraction of sp³-hybridized carbons (Fsp3) is 0.133. The summed E-state index contributed by atoms with van der Waals surface area (Å²) in [7, 11) is 0. The van der Waals surface area contributed by atoms with Crippen molar-refractivity contribution in [3.63, 3.8) is 0 Å². The second-order valence-corrected chi connectivity index (χ2v) is 4.29. The third-order valence-corrected chi connectivity index (χ3v) is 3.00. The Morgan fingerprint density at radius 1 is 1.05 bits per heavy atom. The molecule has 0 aliphatic rings. The Morgan fingerprint density at radius 2 is 1.80 bits per heavy atom. The first-order valence-corrected chi connectivity index (χ1v) is 6.08. The number of hydrogen-bond donors (Lipinski definition) is 0. The first kappa shape index (κ1) is 14.6. The predicted octanol–water partition coefficient (Wildman–Crippen LogP) is 2.74. The van der Waals surface area contributed by atoms with Crippen molar-refractivity contribution < 1.29 is 20.1 Å². The molecule has 0 saturated heterocycles. The van der Waals surface area contributed by atoms with Crippen LogP contribution in [0.2, 0.25) is 0 Å². The summed E-state index contributed by atoms with van der Waals surface area (Å²) in [4.78, 5) is 4.29. The molecule has 4 nitrogen and oxygen atoms in total. The van der Waals surface area contributed by atoms with Crippen LogP contribution in [0, 0.1) is 19.9 Å². The van der Waals surface area contributed by atoms with Crippen molar-refractivity contribution in [1.82, 2.24) is 19.7 Å². The second kappa shape index (κ2) is 6.07. The number of benzene rings is 1. The minimum atomic E-state index is 0. The average Bonchev–Trinajstić information content (AvgIpc) is 2.82. The van der Waals surface area contributed by atoms with Gasteiger partial charge in [-0.05, 0) is 24.8 Å². The van der Waals surface area contributed by atoms with Gasteiger partial charge in [0.1, 0.15) is 5.82 Å². The number of hydrogen-bond acceptors (Lipinski definition) is 3. The number of rotatable bonds is 2. The summed E-state index contributed by atoms with van der Waals surface area (Å²) < 4.78 is 2.01. The van der Waals surface area contributed by atoms with Gasteiger partial charge in [0, 0.05) is 25.8 Å². The molecule has 0 fully saturated rings. The molecule has 0 unspecified atom stereocenters. The van der Waals surface area contributed by atoms with Crippen LogP contribution in [0.5, 0.6) is 0 Å². The maximum atomic E-state index is 4.29. The Bertz CT molecular complexity index is 707. The van der Waals surface area contributed by atoms with Crippen molar-refractivity contribution >= 4 is 0 Å². The molecule has 2 aromatic heterocycles. The molecule has 0 saturated carbocycles. The molecular formula is C15H13IrN4-. The topological polar surface area (TPSA) is 43.6 Å². The largest absolute Gasteiger partial charge is 0.357 e. The van der Waals surface area contributed by atoms with Crippen molar-refractivity contribution in [2.75, 3.05) is 0 Å². The zero-order chi connectivity index (χ0) is 13.2. The third-order valence-electron chi connectivity index (χ3n) is 3.00. The minimum absolute atomic E-state index is 0. The summed E-state index contributed by atoms with van der Waals surface area (Å²) in [6.07, 6.45) is 1.73. The number of aryl methyl sites for hydroxylation is 2. The van der Waals surface area contributed by atoms with Gasteiger partial charge >= 0.3 is 0 Å². The molecule has 0 N–H and O–H groups in total. The number of para-hydroxylation sites is 1. The van der Waals surface area contributed by atoms with Gasteiger partial charge in [-0.2, -0.15) is 5.10 Å². The molecule has 0 bridgehead atoms. The summed E-state index contributed by atoms with van der Waals surface area (Å²) in [6.45, 7) is 3.89. The molecule has 0 spiro atoms. The quantitative estimate of drug-likeness (QED) is 0.575. The molecule has 0 aliphatic heterocycles. The van der Waals surface area contributed by atoms with E-state index in [0.717, 1.165) is 28.6 Å². The van der Waals surface area contributed by atoms with Gasteiger partial charge in [-0.3, -0.25) is 0 Å². The van der Waals surface area contributed by atoms with E-state index in [2.05, 4.69) is 21.2 Å². The Labute approximate surface area is 131 Å². The summed E-state index contributed by atoms with van der Waals surface area (Å²) in [5, 5.41) is 8.44. The Balaban J connectivity index is 0.00000147. The molecule has 3 aromatic rings. The molecule has 1 radical (unpaired) electrons. The normalized spacial score (nSPS) is 10.1. The molecule has 103 valence electrons. The molecule has 20 heavy (non-hydrogen) atoms. The number of pyridine rings is 1. The molecule has 0 aliphatic carbocycles. The van der Waals surface area contributed by atoms with E-state index in [9.17, 15) is 0 Å². The van der Waals surface area contributed by atoms with Gasteiger partial charge in [0.25, 0.3) is 0 Å². The zero-order valence-electron chi connectivity index (χ0n) is 11.2. The van der Waals surface area contributed by atoms with E-state index in [1.54, 1.807) is 12.3 Å². The van der Waals surface area contributed by atoms with E-state index >= 15 is 0 Å². The first-order valence-electron chi connectivity index (χ1n) is 6.08. The van der Waals surface area contributed by atoms with Crippen molar-refractivity contribution in [3.05, 3.63) is 60.2 Å². The molecule has 2 heterocycles. The van der Waals surface area contributed by atoms with Crippen LogP contribution >= 0.6 is 0 Å². The zero-order valence-corrected chi connectivity index (χ0v) is 13.6. The van der Waals surface area contributed by atoms with Crippen LogP contribution in [-0.4, -0.2) is 19.7 Å². The fourth-order valence-electron chi connectivity index (χ4n) is 2.08. The van der Waals surface area contributed by atoms with Crippen LogP contribution in [0.15, 0.2) is 42.6 Å². The summed E-state index contributed by atoms with van der Waals surface area (Å²) in [5.74, 6) is 1.62. The average molecular weight is 442 g/mol. The SMILES string of the molecule is Cc1ncc[c-]c1-c1nnc(C)n1-c1ccccc1.[Ir]. The monoisotopic (exact) mass is 442 g/mol. The van der Waals surface area contributed by atoms with Crippen LogP contribution in [-0.2, 0) is 20.1 Å². The van der Waals surface area contributed by atoms with Gasteiger partial charge in [-0.15, -0.1) is 17.2 Å². The second-order valence-electron chi connectivity index (χ2n) is 4.29. The van der Waals surface area contributed by atoms with Gasteiger partial charge in [0.15, 0.2) is 0 Å². The smallest absolute Gasteiger partial charge is 0.125 e. The van der Waals surface area contributed by atoms with Gasteiger partial charge in [-0.25, -0.2) is 0 Å². The van der Waals surface area contributed by atoms with E-state index in [0.29, 0.717) is 0 Å². The molecule has 0 atom stereocenters. The van der Waals surface area contributed by atoms with Gasteiger partial charge in [-0.1, -0.05) is 36.9 Å².